The normalized spacial score (nSPS) is 13.4. The lowest BCUT2D eigenvalue weighted by atomic mass is 10.2. The van der Waals surface area contributed by atoms with Crippen LogP contribution in [0.3, 0.4) is 0 Å². The maximum Gasteiger partial charge on any atom is 0.305 e. The van der Waals surface area contributed by atoms with Gasteiger partial charge in [0.2, 0.25) is 10.0 Å². The van der Waals surface area contributed by atoms with Crippen molar-refractivity contribution in [3.8, 4) is 0 Å². The molecule has 0 aromatic heterocycles. The standard InChI is InChI=1S/C13H20N2O4S/c1-10-4-6-12(7-5-10)20(18,19)14-11(8-13(16)17)9-15(2)3/h4-7,11,14H,8-9H2,1-3H3,(H,16,17). The molecule has 0 saturated heterocycles. The van der Waals surface area contributed by atoms with Crippen LogP contribution >= 0.6 is 0 Å². The quantitative estimate of drug-likeness (QED) is 0.773. The zero-order chi connectivity index (χ0) is 15.3. The third-order valence-electron chi connectivity index (χ3n) is 2.66. The van der Waals surface area contributed by atoms with Gasteiger partial charge in [-0.2, -0.15) is 0 Å². The molecule has 0 amide bonds. The van der Waals surface area contributed by atoms with Crippen LogP contribution in [0, 0.1) is 6.92 Å². The number of hydrogen-bond donors (Lipinski definition) is 2. The van der Waals surface area contributed by atoms with E-state index in [1.807, 2.05) is 6.92 Å². The molecule has 0 spiro atoms. The number of hydrogen-bond acceptors (Lipinski definition) is 4. The predicted molar refractivity (Wildman–Crippen MR) is 76.1 cm³/mol. The molecule has 0 aliphatic carbocycles. The van der Waals surface area contributed by atoms with Crippen molar-refractivity contribution in [1.29, 1.82) is 0 Å². The lowest BCUT2D eigenvalue weighted by Gasteiger charge is -2.20. The van der Waals surface area contributed by atoms with Gasteiger partial charge < -0.3 is 10.0 Å². The molecule has 0 bridgehead atoms. The predicted octanol–water partition coefficient (Wildman–Crippen LogP) is 0.678. The van der Waals surface area contributed by atoms with E-state index in [1.165, 1.54) is 12.1 Å². The minimum Gasteiger partial charge on any atom is -0.481 e. The fraction of sp³-hybridized carbons (Fsp3) is 0.462. The lowest BCUT2D eigenvalue weighted by Crippen LogP contribution is -2.42. The van der Waals surface area contributed by atoms with Gasteiger partial charge in [0.25, 0.3) is 0 Å². The average molecular weight is 300 g/mol. The van der Waals surface area contributed by atoms with Gasteiger partial charge in [0, 0.05) is 12.6 Å². The van der Waals surface area contributed by atoms with E-state index in [-0.39, 0.29) is 11.3 Å². The van der Waals surface area contributed by atoms with E-state index >= 15 is 0 Å². The summed E-state index contributed by atoms with van der Waals surface area (Å²) in [5.41, 5.74) is 0.958. The van der Waals surface area contributed by atoms with Crippen molar-refractivity contribution in [2.24, 2.45) is 0 Å². The molecule has 0 saturated carbocycles. The van der Waals surface area contributed by atoms with Crippen LogP contribution in [0.5, 0.6) is 0 Å². The number of benzene rings is 1. The summed E-state index contributed by atoms with van der Waals surface area (Å²) in [6, 6.07) is 5.74. The summed E-state index contributed by atoms with van der Waals surface area (Å²) in [5, 5.41) is 8.85. The summed E-state index contributed by atoms with van der Waals surface area (Å²) in [6.45, 7) is 2.18. The number of carbonyl (C=O) groups is 1. The van der Waals surface area contributed by atoms with E-state index in [2.05, 4.69) is 4.72 Å². The Morgan fingerprint density at radius 2 is 1.85 bits per heavy atom. The monoisotopic (exact) mass is 300 g/mol. The number of nitrogens with one attached hydrogen (secondary N) is 1. The van der Waals surface area contributed by atoms with Gasteiger partial charge in [-0.3, -0.25) is 4.79 Å². The van der Waals surface area contributed by atoms with Gasteiger partial charge in [0.1, 0.15) is 0 Å². The van der Waals surface area contributed by atoms with Gasteiger partial charge in [-0.25, -0.2) is 13.1 Å². The van der Waals surface area contributed by atoms with Crippen molar-refractivity contribution < 1.29 is 18.3 Å². The molecule has 1 aromatic carbocycles. The summed E-state index contributed by atoms with van der Waals surface area (Å²) in [5.74, 6) is -1.04. The molecule has 0 fully saturated rings. The molecule has 1 atom stereocenters. The first-order chi connectivity index (χ1) is 9.20. The third kappa shape index (κ3) is 5.28. The van der Waals surface area contributed by atoms with Crippen LogP contribution in [0.2, 0.25) is 0 Å². The van der Waals surface area contributed by atoms with Crippen LogP contribution < -0.4 is 4.72 Å². The van der Waals surface area contributed by atoms with Crippen molar-refractivity contribution >= 4 is 16.0 Å². The first kappa shape index (κ1) is 16.6. The Labute approximate surface area is 119 Å². The Hall–Kier alpha value is -1.44. The second-order valence-corrected chi connectivity index (χ2v) is 6.71. The number of aliphatic carboxylic acids is 1. The molecule has 0 heterocycles. The molecule has 1 rings (SSSR count). The number of sulfonamides is 1. The van der Waals surface area contributed by atoms with Crippen molar-refractivity contribution in [2.75, 3.05) is 20.6 Å². The van der Waals surface area contributed by atoms with E-state index in [1.54, 1.807) is 31.1 Å². The van der Waals surface area contributed by atoms with Gasteiger partial charge in [0.05, 0.1) is 11.3 Å². The average Bonchev–Trinajstić information content (AvgIpc) is 2.26. The van der Waals surface area contributed by atoms with Crippen LogP contribution in [0.15, 0.2) is 29.2 Å². The molecular formula is C13H20N2O4S. The Kier molecular flexibility index (Phi) is 5.67. The molecular weight excluding hydrogens is 280 g/mol. The maximum atomic E-state index is 12.2. The highest BCUT2D eigenvalue weighted by molar-refractivity contribution is 7.89. The fourth-order valence-corrected chi connectivity index (χ4v) is 3.03. The van der Waals surface area contributed by atoms with E-state index in [9.17, 15) is 13.2 Å². The number of nitrogens with zero attached hydrogens (tertiary/aromatic N) is 1. The minimum absolute atomic E-state index is 0.136. The van der Waals surface area contributed by atoms with Crippen LogP contribution in [0.4, 0.5) is 0 Å². The maximum absolute atomic E-state index is 12.2. The number of rotatable bonds is 7. The Bertz CT molecular complexity index is 552. The van der Waals surface area contributed by atoms with Gasteiger partial charge >= 0.3 is 5.97 Å². The van der Waals surface area contributed by atoms with E-state index in [4.69, 9.17) is 5.11 Å². The summed E-state index contributed by atoms with van der Waals surface area (Å²) in [6.07, 6.45) is -0.261. The van der Waals surface area contributed by atoms with Gasteiger partial charge in [0.15, 0.2) is 0 Å². The highest BCUT2D eigenvalue weighted by Gasteiger charge is 2.22. The van der Waals surface area contributed by atoms with E-state index < -0.39 is 22.0 Å². The molecule has 20 heavy (non-hydrogen) atoms. The molecule has 1 unspecified atom stereocenters. The first-order valence-corrected chi connectivity index (χ1v) is 7.64. The summed E-state index contributed by atoms with van der Waals surface area (Å²) >= 11 is 0. The van der Waals surface area contributed by atoms with Crippen LogP contribution in [0.25, 0.3) is 0 Å². The summed E-state index contributed by atoms with van der Waals surface area (Å²) < 4.78 is 26.8. The number of carboxylic acids is 1. The molecule has 0 aliphatic heterocycles. The molecule has 0 radical (unpaired) electrons. The lowest BCUT2D eigenvalue weighted by molar-refractivity contribution is -0.137. The van der Waals surface area contributed by atoms with E-state index in [0.29, 0.717) is 6.54 Å². The molecule has 6 nitrogen and oxygen atoms in total. The first-order valence-electron chi connectivity index (χ1n) is 6.16. The SMILES string of the molecule is Cc1ccc(S(=O)(=O)NC(CC(=O)O)CN(C)C)cc1. The van der Waals surface area contributed by atoms with Crippen molar-refractivity contribution in [2.45, 2.75) is 24.3 Å². The van der Waals surface area contributed by atoms with Gasteiger partial charge in [-0.15, -0.1) is 0 Å². The number of likely N-dealkylation sites (N-methyl/N-ethyl adjacent to an activating group) is 1. The van der Waals surface area contributed by atoms with E-state index in [0.717, 1.165) is 5.56 Å². The molecule has 1 aromatic rings. The third-order valence-corrected chi connectivity index (χ3v) is 4.20. The molecule has 7 heteroatoms. The number of carboxylic acid groups (broad SMARTS) is 1. The molecule has 112 valence electrons. The van der Waals surface area contributed by atoms with Crippen LogP contribution in [-0.4, -0.2) is 51.1 Å². The Balaban J connectivity index is 2.90. The zero-order valence-corrected chi connectivity index (χ0v) is 12.6. The summed E-state index contributed by atoms with van der Waals surface area (Å²) in [7, 11) is -0.190. The largest absolute Gasteiger partial charge is 0.481 e. The second kappa shape index (κ2) is 6.83. The van der Waals surface area contributed by atoms with Crippen molar-refractivity contribution in [1.82, 2.24) is 9.62 Å². The molecule has 2 N–H and O–H groups in total. The smallest absolute Gasteiger partial charge is 0.305 e. The topological polar surface area (TPSA) is 86.7 Å². The second-order valence-electron chi connectivity index (χ2n) is 4.99. The Morgan fingerprint density at radius 3 is 2.30 bits per heavy atom. The van der Waals surface area contributed by atoms with Crippen molar-refractivity contribution in [3.05, 3.63) is 29.8 Å². The van der Waals surface area contributed by atoms with Gasteiger partial charge in [-0.05, 0) is 33.2 Å². The highest BCUT2D eigenvalue weighted by Crippen LogP contribution is 2.11. The van der Waals surface area contributed by atoms with Crippen molar-refractivity contribution in [3.63, 3.8) is 0 Å². The minimum atomic E-state index is -3.71. The van der Waals surface area contributed by atoms with Crippen LogP contribution in [0.1, 0.15) is 12.0 Å². The fourth-order valence-electron chi connectivity index (χ4n) is 1.80. The highest BCUT2D eigenvalue weighted by atomic mass is 32.2. The Morgan fingerprint density at radius 1 is 1.30 bits per heavy atom. The molecule has 0 aliphatic rings. The van der Waals surface area contributed by atoms with Crippen LogP contribution in [-0.2, 0) is 14.8 Å². The summed E-state index contributed by atoms with van der Waals surface area (Å²) in [4.78, 5) is 12.7. The zero-order valence-electron chi connectivity index (χ0n) is 11.8. The number of aryl methyl sites for hydroxylation is 1. The van der Waals surface area contributed by atoms with Gasteiger partial charge in [-0.1, -0.05) is 17.7 Å².